The van der Waals surface area contributed by atoms with Gasteiger partial charge < -0.3 is 14.8 Å². The molecule has 0 fully saturated rings. The van der Waals surface area contributed by atoms with Crippen LogP contribution in [-0.4, -0.2) is 32.9 Å². The maximum Gasteiger partial charge on any atom is 0.259 e. The zero-order chi connectivity index (χ0) is 20.3. The van der Waals surface area contributed by atoms with Gasteiger partial charge in [-0.15, -0.1) is 0 Å². The van der Waals surface area contributed by atoms with Gasteiger partial charge in [-0.05, 0) is 37.6 Å². The highest BCUT2D eigenvalue weighted by atomic mass is 32.2. The lowest BCUT2D eigenvalue weighted by molar-refractivity contribution is 0.356. The van der Waals surface area contributed by atoms with Crippen LogP contribution in [0.25, 0.3) is 10.9 Å². The molecule has 28 heavy (non-hydrogen) atoms. The van der Waals surface area contributed by atoms with E-state index in [0.717, 1.165) is 16.5 Å². The molecule has 0 aliphatic carbocycles. The molecule has 8 nitrogen and oxygen atoms in total. The fraction of sp³-hybridized carbons (Fsp3) is 0.263. The van der Waals surface area contributed by atoms with Gasteiger partial charge in [-0.3, -0.25) is 9.27 Å². The Morgan fingerprint density at radius 2 is 1.68 bits per heavy atom. The molecule has 0 spiro atoms. The van der Waals surface area contributed by atoms with Crippen molar-refractivity contribution in [2.75, 3.05) is 24.3 Å². The number of aromatic nitrogens is 2. The van der Waals surface area contributed by atoms with Crippen LogP contribution < -0.4 is 19.5 Å². The van der Waals surface area contributed by atoms with Crippen molar-refractivity contribution >= 4 is 33.7 Å². The van der Waals surface area contributed by atoms with Crippen LogP contribution >= 0.6 is 0 Å². The SMILES string of the molecule is COc1cc2ncnc(NC(C)(C)c3ccc(NS(=O)O)cc3)c2cc1OC. The molecule has 2 aromatic carbocycles. The second-order valence-corrected chi connectivity index (χ2v) is 7.33. The Labute approximate surface area is 165 Å². The van der Waals surface area contributed by atoms with Crippen molar-refractivity contribution in [3.05, 3.63) is 48.3 Å². The monoisotopic (exact) mass is 402 g/mol. The molecule has 1 unspecified atom stereocenters. The Morgan fingerprint density at radius 1 is 1.04 bits per heavy atom. The normalized spacial score (nSPS) is 12.5. The molecule has 0 bridgehead atoms. The first-order chi connectivity index (χ1) is 13.3. The summed E-state index contributed by atoms with van der Waals surface area (Å²) in [7, 11) is 3.16. The average molecular weight is 402 g/mol. The van der Waals surface area contributed by atoms with Gasteiger partial charge in [-0.2, -0.15) is 0 Å². The predicted molar refractivity (Wildman–Crippen MR) is 110 cm³/mol. The predicted octanol–water partition coefficient (Wildman–Crippen LogP) is 3.54. The summed E-state index contributed by atoms with van der Waals surface area (Å²) in [6.07, 6.45) is 1.50. The molecule has 0 aliphatic rings. The molecule has 9 heteroatoms. The molecule has 0 saturated heterocycles. The van der Waals surface area contributed by atoms with Gasteiger partial charge >= 0.3 is 0 Å². The molecule has 0 saturated carbocycles. The summed E-state index contributed by atoms with van der Waals surface area (Å²) in [6, 6.07) is 10.9. The summed E-state index contributed by atoms with van der Waals surface area (Å²) in [5.74, 6) is 1.86. The van der Waals surface area contributed by atoms with E-state index in [4.69, 9.17) is 14.0 Å². The molecule has 0 amide bonds. The van der Waals surface area contributed by atoms with E-state index >= 15 is 0 Å². The van der Waals surface area contributed by atoms with Gasteiger partial charge in [0.15, 0.2) is 11.5 Å². The Morgan fingerprint density at radius 3 is 2.29 bits per heavy atom. The fourth-order valence-electron chi connectivity index (χ4n) is 2.91. The lowest BCUT2D eigenvalue weighted by Crippen LogP contribution is -2.28. The van der Waals surface area contributed by atoms with E-state index in [1.165, 1.54) is 6.33 Å². The number of nitrogens with zero attached hydrogens (tertiary/aromatic N) is 2. The van der Waals surface area contributed by atoms with E-state index in [9.17, 15) is 4.21 Å². The fourth-order valence-corrected chi connectivity index (χ4v) is 3.24. The number of nitrogens with one attached hydrogen (secondary N) is 2. The van der Waals surface area contributed by atoms with Crippen LogP contribution in [0.2, 0.25) is 0 Å². The molecule has 3 N–H and O–H groups in total. The van der Waals surface area contributed by atoms with E-state index in [2.05, 4.69) is 20.0 Å². The lowest BCUT2D eigenvalue weighted by atomic mass is 9.94. The molecule has 0 aliphatic heterocycles. The van der Waals surface area contributed by atoms with Gasteiger partial charge in [-0.1, -0.05) is 12.1 Å². The summed E-state index contributed by atoms with van der Waals surface area (Å²) >= 11 is -2.10. The highest BCUT2D eigenvalue weighted by Gasteiger charge is 2.22. The molecule has 1 aromatic heterocycles. The van der Waals surface area contributed by atoms with Crippen LogP contribution in [-0.2, 0) is 16.8 Å². The standard InChI is InChI=1S/C19H22N4O4S/c1-19(2,12-5-7-13(8-6-12)23-28(24)25)22-18-14-9-16(26-3)17(27-4)10-15(14)20-11-21-18/h5-11,23H,1-4H3,(H,24,25)(H,20,21,22). The number of hydrogen-bond acceptors (Lipinski definition) is 6. The summed E-state index contributed by atoms with van der Waals surface area (Å²) in [4.78, 5) is 8.72. The largest absolute Gasteiger partial charge is 0.493 e. The first-order valence-corrected chi connectivity index (χ1v) is 9.57. The van der Waals surface area contributed by atoms with E-state index in [1.54, 1.807) is 26.4 Å². The highest BCUT2D eigenvalue weighted by molar-refractivity contribution is 7.80. The number of rotatable bonds is 7. The summed E-state index contributed by atoms with van der Waals surface area (Å²) in [5.41, 5.74) is 1.81. The first kappa shape index (κ1) is 19.8. The van der Waals surface area contributed by atoms with Gasteiger partial charge in [0.2, 0.25) is 0 Å². The molecule has 3 rings (SSSR count). The number of ether oxygens (including phenoxy) is 2. The summed E-state index contributed by atoms with van der Waals surface area (Å²) < 4.78 is 33.0. The van der Waals surface area contributed by atoms with Crippen molar-refractivity contribution in [3.63, 3.8) is 0 Å². The maximum absolute atomic E-state index is 10.9. The van der Waals surface area contributed by atoms with Crippen molar-refractivity contribution in [1.29, 1.82) is 0 Å². The van der Waals surface area contributed by atoms with Crippen molar-refractivity contribution in [2.45, 2.75) is 19.4 Å². The minimum Gasteiger partial charge on any atom is -0.493 e. The Hall–Kier alpha value is -2.91. The van der Waals surface area contributed by atoms with Crippen LogP contribution in [0.5, 0.6) is 11.5 Å². The van der Waals surface area contributed by atoms with Crippen LogP contribution in [0, 0.1) is 0 Å². The third-order valence-corrected chi connectivity index (χ3v) is 4.79. The van der Waals surface area contributed by atoms with E-state index in [0.29, 0.717) is 23.0 Å². The molecule has 3 aromatic rings. The number of methoxy groups -OCH3 is 2. The maximum atomic E-state index is 10.9. The highest BCUT2D eigenvalue weighted by Crippen LogP contribution is 2.35. The van der Waals surface area contributed by atoms with Crippen LogP contribution in [0.3, 0.4) is 0 Å². The third kappa shape index (κ3) is 4.15. The zero-order valence-electron chi connectivity index (χ0n) is 16.0. The number of benzene rings is 2. The molecular weight excluding hydrogens is 380 g/mol. The van der Waals surface area contributed by atoms with E-state index in [1.807, 2.05) is 38.1 Å². The number of fused-ring (bicyclic) bond motifs is 1. The quantitative estimate of drug-likeness (QED) is 0.519. The second-order valence-electron chi connectivity index (χ2n) is 6.63. The van der Waals surface area contributed by atoms with Crippen molar-refractivity contribution in [2.24, 2.45) is 0 Å². The molecule has 0 radical (unpaired) electrons. The third-order valence-electron chi connectivity index (χ3n) is 4.38. The summed E-state index contributed by atoms with van der Waals surface area (Å²) in [5, 5.41) is 4.26. The molecule has 148 valence electrons. The molecular formula is C19H22N4O4S. The summed E-state index contributed by atoms with van der Waals surface area (Å²) in [6.45, 7) is 4.04. The average Bonchev–Trinajstić information content (AvgIpc) is 2.67. The van der Waals surface area contributed by atoms with Gasteiger partial charge in [0, 0.05) is 17.1 Å². The number of hydrogen-bond donors (Lipinski definition) is 3. The zero-order valence-corrected chi connectivity index (χ0v) is 16.8. The van der Waals surface area contributed by atoms with Gasteiger partial charge in [0.25, 0.3) is 11.3 Å². The first-order valence-electron chi connectivity index (χ1n) is 8.47. The topological polar surface area (TPSA) is 106 Å². The minimum absolute atomic E-state index is 0.467. The minimum atomic E-state index is -2.10. The molecule has 1 atom stereocenters. The van der Waals surface area contributed by atoms with Crippen LogP contribution in [0.1, 0.15) is 19.4 Å². The lowest BCUT2D eigenvalue weighted by Gasteiger charge is -2.28. The molecule has 1 heterocycles. The number of anilines is 2. The van der Waals surface area contributed by atoms with Crippen molar-refractivity contribution in [1.82, 2.24) is 9.97 Å². The van der Waals surface area contributed by atoms with E-state index in [-0.39, 0.29) is 0 Å². The van der Waals surface area contributed by atoms with Gasteiger partial charge in [-0.25, -0.2) is 14.2 Å². The van der Waals surface area contributed by atoms with E-state index < -0.39 is 16.8 Å². The smallest absolute Gasteiger partial charge is 0.259 e. The van der Waals surface area contributed by atoms with Gasteiger partial charge in [0.1, 0.15) is 12.1 Å². The Bertz CT molecular complexity index is 1010. The van der Waals surface area contributed by atoms with Crippen LogP contribution in [0.4, 0.5) is 11.5 Å². The van der Waals surface area contributed by atoms with Crippen molar-refractivity contribution < 1.29 is 18.2 Å². The Kier molecular flexibility index (Phi) is 5.66. The van der Waals surface area contributed by atoms with Gasteiger partial charge in [0.05, 0.1) is 25.3 Å². The Balaban J connectivity index is 1.95. The van der Waals surface area contributed by atoms with Crippen molar-refractivity contribution in [3.8, 4) is 11.5 Å². The van der Waals surface area contributed by atoms with Crippen LogP contribution in [0.15, 0.2) is 42.7 Å². The second kappa shape index (κ2) is 7.99.